The number of aromatic carboxylic acids is 1. The molecule has 102 valence electrons. The van der Waals surface area contributed by atoms with Crippen LogP contribution in [0, 0.1) is 0 Å². The Morgan fingerprint density at radius 3 is 2.78 bits per heavy atom. The van der Waals surface area contributed by atoms with E-state index < -0.39 is 21.0 Å². The molecule has 0 saturated heterocycles. The van der Waals surface area contributed by atoms with Gasteiger partial charge < -0.3 is 5.11 Å². The first-order valence-electron chi connectivity index (χ1n) is 5.75. The van der Waals surface area contributed by atoms with Gasteiger partial charge in [-0.05, 0) is 6.42 Å². The maximum absolute atomic E-state index is 11.8. The number of aromatic amines is 1. The fraction of sp³-hybridized carbons (Fsp3) is 0.600. The van der Waals surface area contributed by atoms with Gasteiger partial charge in [-0.2, -0.15) is 5.10 Å². The van der Waals surface area contributed by atoms with Crippen LogP contribution in [0.5, 0.6) is 0 Å². The van der Waals surface area contributed by atoms with E-state index in [1.54, 1.807) is 0 Å². The molecule has 0 unspecified atom stereocenters. The summed E-state index contributed by atoms with van der Waals surface area (Å²) >= 11 is 0. The number of H-pyrrole nitrogens is 1. The summed E-state index contributed by atoms with van der Waals surface area (Å²) < 4.78 is 26.0. The summed E-state index contributed by atoms with van der Waals surface area (Å²) in [5.41, 5.74) is -0.351. The molecule has 1 rings (SSSR count). The van der Waals surface area contributed by atoms with Gasteiger partial charge in [0.1, 0.15) is 5.56 Å². The number of aromatic nitrogens is 2. The molecule has 0 radical (unpaired) electrons. The minimum atomic E-state index is -3.83. The second-order valence-electron chi connectivity index (χ2n) is 3.88. The largest absolute Gasteiger partial charge is 0.478 e. The zero-order valence-corrected chi connectivity index (χ0v) is 11.0. The van der Waals surface area contributed by atoms with Crippen LogP contribution in [0.25, 0.3) is 0 Å². The molecule has 0 spiro atoms. The van der Waals surface area contributed by atoms with Gasteiger partial charge in [0.15, 0.2) is 5.03 Å². The van der Waals surface area contributed by atoms with Crippen molar-refractivity contribution in [3.63, 3.8) is 0 Å². The van der Waals surface area contributed by atoms with Crippen molar-refractivity contribution in [3.8, 4) is 0 Å². The third-order valence-corrected chi connectivity index (χ3v) is 3.86. The SMILES string of the molecule is CCCCCCNS(=O)(=O)c1[nH]ncc1C(=O)O. The first-order valence-corrected chi connectivity index (χ1v) is 7.23. The van der Waals surface area contributed by atoms with Crippen molar-refractivity contribution in [2.75, 3.05) is 6.54 Å². The molecule has 7 nitrogen and oxygen atoms in total. The van der Waals surface area contributed by atoms with Gasteiger partial charge in [-0.3, -0.25) is 5.10 Å². The first-order chi connectivity index (χ1) is 8.49. The molecular weight excluding hydrogens is 258 g/mol. The highest BCUT2D eigenvalue weighted by atomic mass is 32.2. The molecule has 0 bridgehead atoms. The Balaban J connectivity index is 2.63. The van der Waals surface area contributed by atoms with Crippen molar-refractivity contribution in [2.24, 2.45) is 0 Å². The second kappa shape index (κ2) is 6.50. The molecule has 3 N–H and O–H groups in total. The van der Waals surface area contributed by atoms with E-state index in [2.05, 4.69) is 21.8 Å². The van der Waals surface area contributed by atoms with Crippen LogP contribution in [0.15, 0.2) is 11.2 Å². The molecule has 0 aliphatic rings. The van der Waals surface area contributed by atoms with Crippen LogP contribution in [-0.2, 0) is 10.0 Å². The van der Waals surface area contributed by atoms with Gasteiger partial charge in [-0.25, -0.2) is 17.9 Å². The Kier molecular flexibility index (Phi) is 5.29. The molecule has 0 atom stereocenters. The lowest BCUT2D eigenvalue weighted by molar-refractivity contribution is 0.0692. The van der Waals surface area contributed by atoms with Gasteiger partial charge in [-0.15, -0.1) is 0 Å². The lowest BCUT2D eigenvalue weighted by atomic mass is 10.2. The van der Waals surface area contributed by atoms with Gasteiger partial charge >= 0.3 is 5.97 Å². The molecule has 0 aliphatic carbocycles. The minimum absolute atomic E-state index is 0.292. The molecule has 0 aliphatic heterocycles. The fourth-order valence-corrected chi connectivity index (χ4v) is 2.62. The molecule has 1 heterocycles. The monoisotopic (exact) mass is 275 g/mol. The van der Waals surface area contributed by atoms with Crippen LogP contribution in [-0.4, -0.2) is 36.2 Å². The molecule has 8 heteroatoms. The average molecular weight is 275 g/mol. The highest BCUT2D eigenvalue weighted by Crippen LogP contribution is 2.11. The summed E-state index contributed by atoms with van der Waals surface area (Å²) in [6, 6.07) is 0. The van der Waals surface area contributed by atoms with E-state index in [9.17, 15) is 13.2 Å². The summed E-state index contributed by atoms with van der Waals surface area (Å²) in [4.78, 5) is 10.8. The van der Waals surface area contributed by atoms with E-state index in [-0.39, 0.29) is 5.56 Å². The smallest absolute Gasteiger partial charge is 0.340 e. The number of nitrogens with zero attached hydrogens (tertiary/aromatic N) is 1. The van der Waals surface area contributed by atoms with Crippen molar-refractivity contribution in [1.29, 1.82) is 0 Å². The number of nitrogens with one attached hydrogen (secondary N) is 2. The number of sulfonamides is 1. The quantitative estimate of drug-likeness (QED) is 0.612. The number of rotatable bonds is 8. The van der Waals surface area contributed by atoms with Crippen LogP contribution in [0.1, 0.15) is 43.0 Å². The van der Waals surface area contributed by atoms with E-state index in [4.69, 9.17) is 5.11 Å². The van der Waals surface area contributed by atoms with Crippen LogP contribution < -0.4 is 4.72 Å². The van der Waals surface area contributed by atoms with Gasteiger partial charge in [0.25, 0.3) is 10.0 Å². The molecular formula is C10H17N3O4S. The Bertz CT molecular complexity index is 495. The Morgan fingerprint density at radius 2 is 2.17 bits per heavy atom. The van der Waals surface area contributed by atoms with Crippen molar-refractivity contribution >= 4 is 16.0 Å². The number of carbonyl (C=O) groups is 1. The molecule has 18 heavy (non-hydrogen) atoms. The van der Waals surface area contributed by atoms with E-state index >= 15 is 0 Å². The lowest BCUT2D eigenvalue weighted by Gasteiger charge is -2.05. The summed E-state index contributed by atoms with van der Waals surface area (Å²) in [5.74, 6) is -1.32. The third kappa shape index (κ3) is 3.81. The summed E-state index contributed by atoms with van der Waals surface area (Å²) in [6.07, 6.45) is 4.76. The number of hydrogen-bond acceptors (Lipinski definition) is 4. The number of hydrogen-bond donors (Lipinski definition) is 3. The number of unbranched alkanes of at least 4 members (excludes halogenated alkanes) is 3. The standard InChI is InChI=1S/C10H17N3O4S/c1-2-3-4-5-6-12-18(16,17)9-8(10(14)15)7-11-13-9/h7,12H,2-6H2,1H3,(H,11,13)(H,14,15). The predicted octanol–water partition coefficient (Wildman–Crippen LogP) is 0.966. The zero-order valence-electron chi connectivity index (χ0n) is 10.1. The van der Waals surface area contributed by atoms with Crippen molar-refractivity contribution in [3.05, 3.63) is 11.8 Å². The van der Waals surface area contributed by atoms with E-state index in [1.807, 2.05) is 0 Å². The maximum Gasteiger partial charge on any atom is 0.340 e. The van der Waals surface area contributed by atoms with Gasteiger partial charge in [0, 0.05) is 6.54 Å². The van der Waals surface area contributed by atoms with Crippen molar-refractivity contribution < 1.29 is 18.3 Å². The zero-order chi connectivity index (χ0) is 13.6. The lowest BCUT2D eigenvalue weighted by Crippen LogP contribution is -2.26. The summed E-state index contributed by atoms with van der Waals surface area (Å²) in [7, 11) is -3.83. The molecule has 1 aromatic heterocycles. The molecule has 0 fully saturated rings. The molecule has 0 amide bonds. The second-order valence-corrected chi connectivity index (χ2v) is 5.58. The van der Waals surface area contributed by atoms with Crippen LogP contribution in [0.3, 0.4) is 0 Å². The molecule has 0 aromatic carbocycles. The number of carboxylic acids is 1. The van der Waals surface area contributed by atoms with E-state index in [0.29, 0.717) is 6.54 Å². The number of carboxylic acid groups (broad SMARTS) is 1. The summed E-state index contributed by atoms with van der Waals surface area (Å²) in [6.45, 7) is 2.36. The fourth-order valence-electron chi connectivity index (χ4n) is 1.46. The van der Waals surface area contributed by atoms with Gasteiger partial charge in [0.05, 0.1) is 6.20 Å². The van der Waals surface area contributed by atoms with Crippen molar-refractivity contribution in [2.45, 2.75) is 37.6 Å². The molecule has 0 saturated carbocycles. The Labute approximate surface area is 106 Å². The van der Waals surface area contributed by atoms with E-state index in [1.165, 1.54) is 0 Å². The normalized spacial score (nSPS) is 11.6. The van der Waals surface area contributed by atoms with Crippen LogP contribution >= 0.6 is 0 Å². The Morgan fingerprint density at radius 1 is 1.44 bits per heavy atom. The highest BCUT2D eigenvalue weighted by Gasteiger charge is 2.24. The van der Waals surface area contributed by atoms with Crippen LogP contribution in [0.2, 0.25) is 0 Å². The van der Waals surface area contributed by atoms with Crippen LogP contribution in [0.4, 0.5) is 0 Å². The van der Waals surface area contributed by atoms with Gasteiger partial charge in [-0.1, -0.05) is 26.2 Å². The van der Waals surface area contributed by atoms with E-state index in [0.717, 1.165) is 31.9 Å². The first kappa shape index (κ1) is 14.7. The topological polar surface area (TPSA) is 112 Å². The average Bonchev–Trinajstić information content (AvgIpc) is 2.78. The molecule has 1 aromatic rings. The predicted molar refractivity (Wildman–Crippen MR) is 64.9 cm³/mol. The highest BCUT2D eigenvalue weighted by molar-refractivity contribution is 7.89. The maximum atomic E-state index is 11.8. The van der Waals surface area contributed by atoms with Crippen molar-refractivity contribution in [1.82, 2.24) is 14.9 Å². The van der Waals surface area contributed by atoms with Gasteiger partial charge in [0.2, 0.25) is 0 Å². The summed E-state index contributed by atoms with van der Waals surface area (Å²) in [5, 5.41) is 14.1. The third-order valence-electron chi connectivity index (χ3n) is 2.43. The Hall–Kier alpha value is -1.41. The minimum Gasteiger partial charge on any atom is -0.478 e.